The predicted octanol–water partition coefficient (Wildman–Crippen LogP) is 3.46. The Morgan fingerprint density at radius 1 is 1.13 bits per heavy atom. The van der Waals surface area contributed by atoms with Crippen LogP contribution < -0.4 is 0 Å². The van der Waals surface area contributed by atoms with Gasteiger partial charge in [0.05, 0.1) is 6.61 Å². The molecule has 0 spiro atoms. The largest absolute Gasteiger partial charge is 0.364 e. The SMILES string of the molecule is BrCC1(c2ccc3ccccc3c2)CO1. The number of hydrogen-bond acceptors (Lipinski definition) is 1. The van der Waals surface area contributed by atoms with Gasteiger partial charge in [-0.1, -0.05) is 52.3 Å². The van der Waals surface area contributed by atoms with Crippen molar-refractivity contribution in [1.82, 2.24) is 0 Å². The summed E-state index contributed by atoms with van der Waals surface area (Å²) in [5, 5.41) is 3.44. The van der Waals surface area contributed by atoms with Crippen molar-refractivity contribution in [2.24, 2.45) is 0 Å². The van der Waals surface area contributed by atoms with E-state index in [0.717, 1.165) is 11.9 Å². The van der Waals surface area contributed by atoms with Crippen LogP contribution in [0.1, 0.15) is 5.56 Å². The molecule has 2 heteroatoms. The van der Waals surface area contributed by atoms with E-state index in [1.54, 1.807) is 0 Å². The van der Waals surface area contributed by atoms with Gasteiger partial charge in [0.25, 0.3) is 0 Å². The number of epoxide rings is 1. The maximum absolute atomic E-state index is 5.53. The van der Waals surface area contributed by atoms with Crippen molar-refractivity contribution in [3.05, 3.63) is 48.0 Å². The minimum absolute atomic E-state index is 0.0516. The van der Waals surface area contributed by atoms with Crippen LogP contribution in [0.25, 0.3) is 10.8 Å². The molecule has 0 aromatic heterocycles. The Morgan fingerprint density at radius 2 is 1.87 bits per heavy atom. The zero-order valence-corrected chi connectivity index (χ0v) is 9.83. The molecule has 0 N–H and O–H groups in total. The van der Waals surface area contributed by atoms with E-state index >= 15 is 0 Å². The molecule has 2 aromatic carbocycles. The van der Waals surface area contributed by atoms with Gasteiger partial charge >= 0.3 is 0 Å². The summed E-state index contributed by atoms with van der Waals surface area (Å²) in [6.07, 6.45) is 0. The number of ether oxygens (including phenoxy) is 1. The third-order valence-electron chi connectivity index (χ3n) is 2.98. The van der Waals surface area contributed by atoms with Gasteiger partial charge < -0.3 is 4.74 Å². The lowest BCUT2D eigenvalue weighted by Gasteiger charge is -2.09. The van der Waals surface area contributed by atoms with E-state index in [9.17, 15) is 0 Å². The number of alkyl halides is 1. The lowest BCUT2D eigenvalue weighted by molar-refractivity contribution is 0.335. The molecule has 3 rings (SSSR count). The fourth-order valence-corrected chi connectivity index (χ4v) is 2.53. The molecule has 1 saturated heterocycles. The second-order valence-electron chi connectivity index (χ2n) is 3.98. The number of fused-ring (bicyclic) bond motifs is 1. The molecule has 1 nitrogen and oxygen atoms in total. The van der Waals surface area contributed by atoms with Gasteiger partial charge in [-0.3, -0.25) is 0 Å². The van der Waals surface area contributed by atoms with Crippen LogP contribution in [-0.4, -0.2) is 11.9 Å². The van der Waals surface area contributed by atoms with Crippen LogP contribution in [0.5, 0.6) is 0 Å². The highest BCUT2D eigenvalue weighted by Crippen LogP contribution is 2.41. The molecule has 0 bridgehead atoms. The molecular formula is C13H11BrO. The molecule has 2 aromatic rings. The zero-order chi connectivity index (χ0) is 10.3. The summed E-state index contributed by atoms with van der Waals surface area (Å²) in [5.41, 5.74) is 1.22. The lowest BCUT2D eigenvalue weighted by Crippen LogP contribution is -2.09. The zero-order valence-electron chi connectivity index (χ0n) is 8.24. The van der Waals surface area contributed by atoms with E-state index in [1.807, 2.05) is 0 Å². The number of hydrogen-bond donors (Lipinski definition) is 0. The number of halogens is 1. The Kier molecular flexibility index (Phi) is 2.08. The smallest absolute Gasteiger partial charge is 0.126 e. The third kappa shape index (κ3) is 1.48. The highest BCUT2D eigenvalue weighted by Gasteiger charge is 2.45. The van der Waals surface area contributed by atoms with Crippen LogP contribution in [-0.2, 0) is 10.3 Å². The summed E-state index contributed by atoms with van der Waals surface area (Å²) < 4.78 is 5.53. The highest BCUT2D eigenvalue weighted by molar-refractivity contribution is 9.09. The predicted molar refractivity (Wildman–Crippen MR) is 65.4 cm³/mol. The summed E-state index contributed by atoms with van der Waals surface area (Å²) >= 11 is 3.51. The fraction of sp³-hybridized carbons (Fsp3) is 0.231. The minimum atomic E-state index is -0.0516. The number of benzene rings is 2. The summed E-state index contributed by atoms with van der Waals surface area (Å²) in [7, 11) is 0. The minimum Gasteiger partial charge on any atom is -0.364 e. The van der Waals surface area contributed by atoms with Gasteiger partial charge in [-0.2, -0.15) is 0 Å². The van der Waals surface area contributed by atoms with Crippen LogP contribution in [0, 0.1) is 0 Å². The molecule has 1 atom stereocenters. The first kappa shape index (κ1) is 9.37. The fourth-order valence-electron chi connectivity index (χ4n) is 1.88. The van der Waals surface area contributed by atoms with Crippen molar-refractivity contribution in [2.75, 3.05) is 11.9 Å². The quantitative estimate of drug-likeness (QED) is 0.597. The molecule has 15 heavy (non-hydrogen) atoms. The Balaban J connectivity index is 2.14. The Hall–Kier alpha value is -0.860. The topological polar surface area (TPSA) is 12.5 Å². The van der Waals surface area contributed by atoms with E-state index in [0.29, 0.717) is 0 Å². The van der Waals surface area contributed by atoms with Crippen LogP contribution >= 0.6 is 15.9 Å². The molecular weight excluding hydrogens is 252 g/mol. The van der Waals surface area contributed by atoms with Gasteiger partial charge in [0.1, 0.15) is 5.60 Å². The van der Waals surface area contributed by atoms with Crippen molar-refractivity contribution in [2.45, 2.75) is 5.60 Å². The third-order valence-corrected chi connectivity index (χ3v) is 3.89. The first-order valence-electron chi connectivity index (χ1n) is 5.03. The van der Waals surface area contributed by atoms with Gasteiger partial charge in [-0.05, 0) is 22.4 Å². The summed E-state index contributed by atoms with van der Waals surface area (Å²) in [6, 6.07) is 15.0. The van der Waals surface area contributed by atoms with E-state index in [-0.39, 0.29) is 5.60 Å². The summed E-state index contributed by atoms with van der Waals surface area (Å²) in [6.45, 7) is 0.830. The second kappa shape index (κ2) is 3.32. The van der Waals surface area contributed by atoms with E-state index in [4.69, 9.17) is 4.74 Å². The maximum atomic E-state index is 5.53. The van der Waals surface area contributed by atoms with Crippen molar-refractivity contribution >= 4 is 26.7 Å². The molecule has 1 aliphatic rings. The second-order valence-corrected chi connectivity index (χ2v) is 4.54. The lowest BCUT2D eigenvalue weighted by atomic mass is 9.98. The van der Waals surface area contributed by atoms with Gasteiger partial charge in [0.2, 0.25) is 0 Å². The molecule has 1 unspecified atom stereocenters. The highest BCUT2D eigenvalue weighted by atomic mass is 79.9. The molecule has 76 valence electrons. The number of rotatable bonds is 2. The molecule has 1 fully saturated rings. The van der Waals surface area contributed by atoms with E-state index in [2.05, 4.69) is 58.4 Å². The van der Waals surface area contributed by atoms with Gasteiger partial charge in [0, 0.05) is 5.33 Å². The van der Waals surface area contributed by atoms with E-state index in [1.165, 1.54) is 16.3 Å². The van der Waals surface area contributed by atoms with E-state index < -0.39 is 0 Å². The van der Waals surface area contributed by atoms with Crippen molar-refractivity contribution in [1.29, 1.82) is 0 Å². The van der Waals surface area contributed by atoms with Crippen LogP contribution in [0.2, 0.25) is 0 Å². The molecule has 0 amide bonds. The Morgan fingerprint density at radius 3 is 2.53 bits per heavy atom. The molecule has 0 saturated carbocycles. The average Bonchev–Trinajstić information content (AvgIpc) is 3.09. The first-order valence-corrected chi connectivity index (χ1v) is 6.15. The molecule has 1 aliphatic heterocycles. The molecule has 0 radical (unpaired) electrons. The Bertz CT molecular complexity index is 503. The molecule has 1 heterocycles. The first-order chi connectivity index (χ1) is 7.34. The summed E-state index contributed by atoms with van der Waals surface area (Å²) in [5.74, 6) is 0. The van der Waals surface area contributed by atoms with Gasteiger partial charge in [-0.25, -0.2) is 0 Å². The summed E-state index contributed by atoms with van der Waals surface area (Å²) in [4.78, 5) is 0. The normalized spacial score (nSPS) is 24.3. The van der Waals surface area contributed by atoms with Crippen LogP contribution in [0.3, 0.4) is 0 Å². The van der Waals surface area contributed by atoms with Crippen molar-refractivity contribution < 1.29 is 4.74 Å². The Labute approximate surface area is 97.2 Å². The standard InChI is InChI=1S/C13H11BrO/c14-8-13(9-15-13)12-6-5-10-3-1-2-4-11(10)7-12/h1-7H,8-9H2. The van der Waals surface area contributed by atoms with Gasteiger partial charge in [0.15, 0.2) is 0 Å². The average molecular weight is 263 g/mol. The van der Waals surface area contributed by atoms with Crippen molar-refractivity contribution in [3.8, 4) is 0 Å². The van der Waals surface area contributed by atoms with Gasteiger partial charge in [-0.15, -0.1) is 0 Å². The maximum Gasteiger partial charge on any atom is 0.126 e. The van der Waals surface area contributed by atoms with Crippen LogP contribution in [0.4, 0.5) is 0 Å². The monoisotopic (exact) mass is 262 g/mol. The molecule has 0 aliphatic carbocycles. The van der Waals surface area contributed by atoms with Crippen molar-refractivity contribution in [3.63, 3.8) is 0 Å². The van der Waals surface area contributed by atoms with Crippen LogP contribution in [0.15, 0.2) is 42.5 Å².